The second kappa shape index (κ2) is 6.88. The summed E-state index contributed by atoms with van der Waals surface area (Å²) >= 11 is 1.61. The van der Waals surface area contributed by atoms with Crippen molar-refractivity contribution in [3.05, 3.63) is 76.5 Å². The van der Waals surface area contributed by atoms with Gasteiger partial charge in [-0.1, -0.05) is 24.1 Å². The van der Waals surface area contributed by atoms with Crippen molar-refractivity contribution in [1.29, 1.82) is 0 Å². The van der Waals surface area contributed by atoms with Gasteiger partial charge in [0.25, 0.3) is 0 Å². The molecule has 0 atom stereocenters. The van der Waals surface area contributed by atoms with Crippen LogP contribution in [0.1, 0.15) is 16.3 Å². The zero-order valence-corrected chi connectivity index (χ0v) is 14.6. The van der Waals surface area contributed by atoms with E-state index in [1.54, 1.807) is 17.5 Å². The number of aryl methyl sites for hydroxylation is 1. The molecule has 4 rings (SSSR count). The first kappa shape index (κ1) is 16.3. The number of pyridine rings is 1. The molecule has 4 aromatic rings. The number of benzene rings is 1. The Kier molecular flexibility index (Phi) is 4.66. The molecule has 5 heteroatoms. The van der Waals surface area contributed by atoms with Gasteiger partial charge in [0.2, 0.25) is 0 Å². The Bertz CT molecular complexity index is 1040. The van der Waals surface area contributed by atoms with Gasteiger partial charge in [-0.2, -0.15) is 0 Å². The third-order valence-corrected chi connectivity index (χ3v) is 4.32. The predicted molar refractivity (Wildman–Crippen MR) is 101 cm³/mol. The number of halogens is 1. The van der Waals surface area contributed by atoms with Gasteiger partial charge in [-0.05, 0) is 42.5 Å². The number of thiazole rings is 1. The summed E-state index contributed by atoms with van der Waals surface area (Å²) in [6.07, 6.45) is 3.84. The largest absolute Gasteiger partial charge is 0.301 e. The lowest BCUT2D eigenvalue weighted by Gasteiger charge is -2.04. The molecule has 24 heavy (non-hydrogen) atoms. The van der Waals surface area contributed by atoms with Crippen LogP contribution in [0.4, 0.5) is 0 Å². The van der Waals surface area contributed by atoms with Gasteiger partial charge >= 0.3 is 0 Å². The van der Waals surface area contributed by atoms with E-state index in [0.29, 0.717) is 0 Å². The van der Waals surface area contributed by atoms with Crippen molar-refractivity contribution in [2.24, 2.45) is 0 Å². The highest BCUT2D eigenvalue weighted by atomic mass is 35.5. The minimum atomic E-state index is 0. The molecule has 0 N–H and O–H groups in total. The van der Waals surface area contributed by atoms with Gasteiger partial charge in [-0.25, -0.2) is 9.97 Å². The summed E-state index contributed by atoms with van der Waals surface area (Å²) in [5.74, 6) is 7.06. The maximum Gasteiger partial charge on any atom is 0.137 e. The first-order chi connectivity index (χ1) is 11.3. The Morgan fingerprint density at radius 1 is 1.04 bits per heavy atom. The Labute approximate surface area is 150 Å². The van der Waals surface area contributed by atoms with Crippen molar-refractivity contribution in [3.63, 3.8) is 0 Å². The highest BCUT2D eigenvalue weighted by molar-refractivity contribution is 7.09. The van der Waals surface area contributed by atoms with Crippen molar-refractivity contribution < 1.29 is 0 Å². The van der Waals surface area contributed by atoms with Crippen LogP contribution in [0.3, 0.4) is 0 Å². The maximum absolute atomic E-state index is 4.53. The van der Waals surface area contributed by atoms with E-state index in [1.165, 1.54) is 5.39 Å². The number of rotatable bonds is 1. The third-order valence-electron chi connectivity index (χ3n) is 3.55. The van der Waals surface area contributed by atoms with Crippen molar-refractivity contribution in [2.45, 2.75) is 6.92 Å². The van der Waals surface area contributed by atoms with Gasteiger partial charge in [-0.15, -0.1) is 23.7 Å². The summed E-state index contributed by atoms with van der Waals surface area (Å²) in [5, 5.41) is 4.20. The lowest BCUT2D eigenvalue weighted by Crippen LogP contribution is -1.95. The minimum Gasteiger partial charge on any atom is -0.301 e. The molecule has 3 heterocycles. The Morgan fingerprint density at radius 3 is 2.67 bits per heavy atom. The molecular formula is C19H14ClN3S. The number of aromatic nitrogens is 3. The van der Waals surface area contributed by atoms with E-state index in [9.17, 15) is 0 Å². The van der Waals surface area contributed by atoms with Gasteiger partial charge in [0.1, 0.15) is 11.5 Å². The number of fused-ring (bicyclic) bond motifs is 1. The highest BCUT2D eigenvalue weighted by Gasteiger charge is 2.03. The summed E-state index contributed by atoms with van der Waals surface area (Å²) in [6, 6.07) is 14.3. The van der Waals surface area contributed by atoms with Gasteiger partial charge in [0.15, 0.2) is 0 Å². The highest BCUT2D eigenvalue weighted by Crippen LogP contribution is 2.18. The molecule has 3 aromatic heterocycles. The summed E-state index contributed by atoms with van der Waals surface area (Å²) < 4.78 is 2.08. The molecule has 0 bridgehead atoms. The average Bonchev–Trinajstić information content (AvgIpc) is 3.20. The van der Waals surface area contributed by atoms with Gasteiger partial charge in [0.05, 0.1) is 10.5 Å². The molecule has 0 radical (unpaired) electrons. The monoisotopic (exact) mass is 351 g/mol. The van der Waals surface area contributed by atoms with Crippen LogP contribution in [0, 0.1) is 18.8 Å². The second-order valence-corrected chi connectivity index (χ2v) is 6.21. The number of nitrogens with zero attached hydrogens (tertiary/aromatic N) is 3. The van der Waals surface area contributed by atoms with Crippen molar-refractivity contribution in [1.82, 2.24) is 14.5 Å². The first-order valence-electron chi connectivity index (χ1n) is 7.26. The molecule has 0 fully saturated rings. The third kappa shape index (κ3) is 3.18. The van der Waals surface area contributed by atoms with Crippen LogP contribution in [0.2, 0.25) is 0 Å². The quantitative estimate of drug-likeness (QED) is 0.469. The SMILES string of the molecule is Cc1nc(C#Cc2ccc(-n3ccc4ccccc43)nc2)cs1.Cl. The standard InChI is InChI=1S/C19H13N3S.ClH/c1-14-21-17(13-23-14)8-6-15-7-9-19(20-12-15)22-11-10-16-4-2-3-5-18(16)22;/h2-5,7,9-13H,1H3;1H. The molecule has 3 nitrogen and oxygen atoms in total. The van der Waals surface area contributed by atoms with Crippen LogP contribution >= 0.6 is 23.7 Å². The molecule has 0 amide bonds. The Balaban J connectivity index is 0.00000169. The zero-order chi connectivity index (χ0) is 15.6. The number of hydrogen-bond acceptors (Lipinski definition) is 3. The lowest BCUT2D eigenvalue weighted by molar-refractivity contribution is 1.04. The summed E-state index contributed by atoms with van der Waals surface area (Å²) in [6.45, 7) is 1.98. The van der Waals surface area contributed by atoms with Crippen LogP contribution in [0.15, 0.2) is 60.2 Å². The normalized spacial score (nSPS) is 10.0. The van der Waals surface area contributed by atoms with Gasteiger partial charge in [0, 0.05) is 23.3 Å². The summed E-state index contributed by atoms with van der Waals surface area (Å²) in [5.41, 5.74) is 2.85. The molecule has 0 aliphatic heterocycles. The van der Waals surface area contributed by atoms with Crippen LogP contribution in [-0.4, -0.2) is 14.5 Å². The maximum atomic E-state index is 4.53. The summed E-state index contributed by atoms with van der Waals surface area (Å²) in [7, 11) is 0. The van der Waals surface area contributed by atoms with E-state index in [0.717, 1.165) is 27.6 Å². The van der Waals surface area contributed by atoms with E-state index in [-0.39, 0.29) is 12.4 Å². The molecule has 0 aliphatic carbocycles. The van der Waals surface area contributed by atoms with E-state index in [4.69, 9.17) is 0 Å². The second-order valence-electron chi connectivity index (χ2n) is 5.15. The Hall–Kier alpha value is -2.61. The average molecular weight is 352 g/mol. The van der Waals surface area contributed by atoms with Crippen molar-refractivity contribution >= 4 is 34.6 Å². The summed E-state index contributed by atoms with van der Waals surface area (Å²) in [4.78, 5) is 8.87. The van der Waals surface area contributed by atoms with Gasteiger partial charge in [-0.3, -0.25) is 0 Å². The molecule has 0 aliphatic rings. The molecule has 118 valence electrons. The number of para-hydroxylation sites is 1. The van der Waals surface area contributed by atoms with E-state index >= 15 is 0 Å². The van der Waals surface area contributed by atoms with E-state index in [1.807, 2.05) is 42.8 Å². The van der Waals surface area contributed by atoms with Crippen LogP contribution in [0.5, 0.6) is 0 Å². The van der Waals surface area contributed by atoms with E-state index in [2.05, 4.69) is 44.6 Å². The van der Waals surface area contributed by atoms with Crippen LogP contribution in [-0.2, 0) is 0 Å². The van der Waals surface area contributed by atoms with E-state index < -0.39 is 0 Å². The zero-order valence-electron chi connectivity index (χ0n) is 12.9. The fourth-order valence-electron chi connectivity index (χ4n) is 2.44. The topological polar surface area (TPSA) is 30.7 Å². The fraction of sp³-hybridized carbons (Fsp3) is 0.0526. The van der Waals surface area contributed by atoms with Gasteiger partial charge < -0.3 is 4.57 Å². The number of hydrogen-bond donors (Lipinski definition) is 0. The molecular weight excluding hydrogens is 338 g/mol. The molecule has 1 aromatic carbocycles. The molecule has 0 saturated carbocycles. The molecule has 0 saturated heterocycles. The van der Waals surface area contributed by atoms with Crippen LogP contribution < -0.4 is 0 Å². The fourth-order valence-corrected chi connectivity index (χ4v) is 2.99. The Morgan fingerprint density at radius 2 is 1.92 bits per heavy atom. The van der Waals surface area contributed by atoms with Crippen LogP contribution in [0.25, 0.3) is 16.7 Å². The minimum absolute atomic E-state index is 0. The lowest BCUT2D eigenvalue weighted by atomic mass is 10.2. The smallest absolute Gasteiger partial charge is 0.137 e. The molecule has 0 spiro atoms. The van der Waals surface area contributed by atoms with Crippen molar-refractivity contribution in [3.8, 4) is 17.7 Å². The predicted octanol–water partition coefficient (Wildman–Crippen LogP) is 4.61. The molecule has 0 unspecified atom stereocenters. The van der Waals surface area contributed by atoms with Crippen molar-refractivity contribution in [2.75, 3.05) is 0 Å². The first-order valence-corrected chi connectivity index (χ1v) is 8.14.